The fraction of sp³-hybridized carbons (Fsp3) is 0.125. The molecule has 1 amide bonds. The minimum atomic E-state index is -0.463. The monoisotopic (exact) mass is 368 g/mol. The number of benzene rings is 2. The maximum absolute atomic E-state index is 11.7. The average Bonchev–Trinajstić information content (AvgIpc) is 2.51. The Morgan fingerprint density at radius 1 is 1.29 bits per heavy atom. The van der Waals surface area contributed by atoms with Crippen molar-refractivity contribution in [1.82, 2.24) is 5.43 Å². The number of nitrogens with one attached hydrogen (secondary N) is 1. The number of amides is 1. The number of hydrogen-bond donors (Lipinski definition) is 3. The Hall–Kier alpha value is -2.44. The van der Waals surface area contributed by atoms with E-state index in [4.69, 9.17) is 27.9 Å². The topological polar surface area (TPSA) is 91.2 Å². The van der Waals surface area contributed by atoms with Crippen LogP contribution < -0.4 is 10.2 Å². The van der Waals surface area contributed by atoms with E-state index in [1.54, 1.807) is 18.2 Å². The Morgan fingerprint density at radius 2 is 2.04 bits per heavy atom. The summed E-state index contributed by atoms with van der Waals surface area (Å²) >= 11 is 11.6. The van der Waals surface area contributed by atoms with E-state index >= 15 is 0 Å². The molecule has 126 valence electrons. The summed E-state index contributed by atoms with van der Waals surface area (Å²) in [5.41, 5.74) is 3.50. The van der Waals surface area contributed by atoms with Crippen LogP contribution in [0.3, 0.4) is 0 Å². The molecule has 0 spiro atoms. The molecule has 0 saturated heterocycles. The molecule has 0 aliphatic heterocycles. The summed E-state index contributed by atoms with van der Waals surface area (Å²) in [6.07, 6.45) is 1.27. The van der Waals surface area contributed by atoms with Crippen LogP contribution >= 0.6 is 23.2 Å². The van der Waals surface area contributed by atoms with Gasteiger partial charge in [-0.05, 0) is 48.4 Å². The number of carbonyl (C=O) groups excluding carboxylic acids is 1. The highest BCUT2D eigenvalue weighted by atomic mass is 35.5. The van der Waals surface area contributed by atoms with Gasteiger partial charge in [-0.15, -0.1) is 0 Å². The van der Waals surface area contributed by atoms with E-state index < -0.39 is 11.7 Å². The van der Waals surface area contributed by atoms with Gasteiger partial charge in [0.15, 0.2) is 18.1 Å². The molecule has 0 atom stereocenters. The van der Waals surface area contributed by atoms with E-state index in [0.717, 1.165) is 5.56 Å². The molecule has 0 aromatic heterocycles. The van der Waals surface area contributed by atoms with Crippen molar-refractivity contribution in [2.24, 2.45) is 5.10 Å². The van der Waals surface area contributed by atoms with E-state index in [2.05, 4.69) is 10.5 Å². The highest BCUT2D eigenvalue weighted by Gasteiger charge is 2.07. The molecule has 24 heavy (non-hydrogen) atoms. The maximum atomic E-state index is 11.7. The fourth-order valence-electron chi connectivity index (χ4n) is 1.81. The number of phenolic OH excluding ortho intramolecular Hbond substituents is 2. The number of halogens is 2. The normalized spacial score (nSPS) is 10.8. The molecule has 0 heterocycles. The van der Waals surface area contributed by atoms with E-state index in [-0.39, 0.29) is 17.4 Å². The van der Waals surface area contributed by atoms with Gasteiger partial charge < -0.3 is 14.9 Å². The van der Waals surface area contributed by atoms with Gasteiger partial charge in [-0.1, -0.05) is 23.2 Å². The van der Waals surface area contributed by atoms with E-state index in [9.17, 15) is 15.0 Å². The zero-order valence-corrected chi connectivity index (χ0v) is 14.1. The van der Waals surface area contributed by atoms with Crippen molar-refractivity contribution >= 4 is 35.3 Å². The fourth-order valence-corrected chi connectivity index (χ4v) is 2.26. The highest BCUT2D eigenvalue weighted by molar-refractivity contribution is 6.32. The van der Waals surface area contributed by atoms with Gasteiger partial charge in [0.05, 0.1) is 11.2 Å². The molecule has 0 unspecified atom stereocenters. The molecule has 0 saturated carbocycles. The van der Waals surface area contributed by atoms with E-state index in [0.29, 0.717) is 16.3 Å². The third kappa shape index (κ3) is 4.78. The predicted octanol–water partition coefficient (Wildman–Crippen LogP) is 3.24. The van der Waals surface area contributed by atoms with Crippen LogP contribution in [0.15, 0.2) is 35.4 Å². The van der Waals surface area contributed by atoms with Crippen LogP contribution in [0, 0.1) is 6.92 Å². The number of aromatic hydroxyl groups is 2. The number of ether oxygens (including phenoxy) is 1. The second-order valence-electron chi connectivity index (χ2n) is 4.86. The van der Waals surface area contributed by atoms with Crippen LogP contribution in [0.1, 0.15) is 11.1 Å². The molecule has 2 aromatic rings. The Labute approximate surface area is 148 Å². The lowest BCUT2D eigenvalue weighted by Gasteiger charge is -2.08. The molecule has 8 heteroatoms. The van der Waals surface area contributed by atoms with Crippen LogP contribution in [0.2, 0.25) is 10.0 Å². The number of carbonyl (C=O) groups is 1. The van der Waals surface area contributed by atoms with Crippen molar-refractivity contribution in [3.63, 3.8) is 0 Å². The van der Waals surface area contributed by atoms with E-state index in [1.807, 2.05) is 6.92 Å². The van der Waals surface area contributed by atoms with Gasteiger partial charge in [0.25, 0.3) is 5.91 Å². The second-order valence-corrected chi connectivity index (χ2v) is 5.71. The van der Waals surface area contributed by atoms with E-state index in [1.165, 1.54) is 18.3 Å². The van der Waals surface area contributed by atoms with Gasteiger partial charge in [-0.2, -0.15) is 5.10 Å². The maximum Gasteiger partial charge on any atom is 0.277 e. The predicted molar refractivity (Wildman–Crippen MR) is 92.2 cm³/mol. The van der Waals surface area contributed by atoms with Crippen molar-refractivity contribution in [1.29, 1.82) is 0 Å². The van der Waals surface area contributed by atoms with Gasteiger partial charge >= 0.3 is 0 Å². The minimum Gasteiger partial charge on any atom is -0.504 e. The summed E-state index contributed by atoms with van der Waals surface area (Å²) in [7, 11) is 0. The van der Waals surface area contributed by atoms with Crippen LogP contribution in [-0.4, -0.2) is 28.9 Å². The summed E-state index contributed by atoms with van der Waals surface area (Å²) < 4.78 is 5.37. The molecular weight excluding hydrogens is 355 g/mol. The lowest BCUT2D eigenvalue weighted by Crippen LogP contribution is -2.24. The first-order valence-electron chi connectivity index (χ1n) is 6.79. The van der Waals surface area contributed by atoms with Crippen molar-refractivity contribution in [2.75, 3.05) is 6.61 Å². The van der Waals surface area contributed by atoms with Gasteiger partial charge in [0.1, 0.15) is 5.75 Å². The van der Waals surface area contributed by atoms with Crippen molar-refractivity contribution in [2.45, 2.75) is 6.92 Å². The van der Waals surface area contributed by atoms with Gasteiger partial charge in [-0.25, -0.2) is 5.43 Å². The van der Waals surface area contributed by atoms with Gasteiger partial charge in [-0.3, -0.25) is 4.79 Å². The summed E-state index contributed by atoms with van der Waals surface area (Å²) in [4.78, 5) is 11.7. The first-order chi connectivity index (χ1) is 11.4. The highest BCUT2D eigenvalue weighted by Crippen LogP contribution is 2.33. The molecule has 0 aliphatic rings. The quantitative estimate of drug-likeness (QED) is 0.429. The zero-order valence-electron chi connectivity index (χ0n) is 12.6. The first kappa shape index (κ1) is 17.9. The number of hydrogen-bond acceptors (Lipinski definition) is 5. The lowest BCUT2D eigenvalue weighted by atomic mass is 10.2. The van der Waals surface area contributed by atoms with Crippen LogP contribution in [-0.2, 0) is 4.79 Å². The smallest absolute Gasteiger partial charge is 0.277 e. The minimum absolute atomic E-state index is 0.0238. The number of phenols is 2. The number of nitrogens with zero attached hydrogens (tertiary/aromatic N) is 1. The molecule has 2 aromatic carbocycles. The zero-order chi connectivity index (χ0) is 17.7. The summed E-state index contributed by atoms with van der Waals surface area (Å²) in [6, 6.07) is 7.72. The van der Waals surface area contributed by atoms with Crippen molar-refractivity contribution in [3.05, 3.63) is 51.5 Å². The molecule has 3 N–H and O–H groups in total. The largest absolute Gasteiger partial charge is 0.504 e. The van der Waals surface area contributed by atoms with Crippen molar-refractivity contribution in [3.8, 4) is 17.2 Å². The van der Waals surface area contributed by atoms with Gasteiger partial charge in [0.2, 0.25) is 0 Å². The number of hydrazone groups is 1. The Kier molecular flexibility index (Phi) is 5.89. The molecule has 2 rings (SSSR count). The average molecular weight is 369 g/mol. The van der Waals surface area contributed by atoms with Crippen molar-refractivity contribution < 1.29 is 19.7 Å². The SMILES string of the molecule is Cc1cc(Cl)ccc1OCC(=O)N/N=C/c1cc(O)c(O)c(Cl)c1. The number of rotatable bonds is 5. The molecule has 0 radical (unpaired) electrons. The lowest BCUT2D eigenvalue weighted by molar-refractivity contribution is -0.123. The van der Waals surface area contributed by atoms with Crippen LogP contribution in [0.5, 0.6) is 17.2 Å². The molecule has 0 fully saturated rings. The summed E-state index contributed by atoms with van der Waals surface area (Å²) in [5, 5.41) is 23.1. The molecule has 6 nitrogen and oxygen atoms in total. The van der Waals surface area contributed by atoms with Crippen LogP contribution in [0.4, 0.5) is 0 Å². The Morgan fingerprint density at radius 3 is 2.71 bits per heavy atom. The Balaban J connectivity index is 1.89. The first-order valence-corrected chi connectivity index (χ1v) is 7.54. The third-order valence-electron chi connectivity index (χ3n) is 2.96. The third-order valence-corrected chi connectivity index (χ3v) is 3.49. The number of aryl methyl sites for hydroxylation is 1. The summed E-state index contributed by atoms with van der Waals surface area (Å²) in [6.45, 7) is 1.60. The van der Waals surface area contributed by atoms with Crippen LogP contribution in [0.25, 0.3) is 0 Å². The summed E-state index contributed by atoms with van der Waals surface area (Å²) in [5.74, 6) is -0.704. The standard InChI is InChI=1S/C16H14Cl2N2O4/c1-9-4-11(17)2-3-14(9)24-8-15(22)20-19-7-10-5-12(18)16(23)13(21)6-10/h2-7,21,23H,8H2,1H3,(H,20,22)/b19-7+. The molecular formula is C16H14Cl2N2O4. The van der Waals surface area contributed by atoms with Gasteiger partial charge in [0, 0.05) is 5.02 Å². The second kappa shape index (κ2) is 7.90. The molecule has 0 aliphatic carbocycles. The molecule has 0 bridgehead atoms. The Bertz CT molecular complexity index is 771.